The number of anilines is 1. The highest BCUT2D eigenvalue weighted by Gasteiger charge is 2.12. The first-order valence-electron chi connectivity index (χ1n) is 8.28. The zero-order chi connectivity index (χ0) is 20.4. The summed E-state index contributed by atoms with van der Waals surface area (Å²) < 4.78 is 10.8. The standard InChI is InChI=1S/C21H20N2O5/c1-3-4-13-27-18-11-9-15(14-19(18)26-2)10-12-20(24)23-17-8-6-5-7-16(17)21(25)28-22/h5-12,14H,13,22H2,1-2H3,(H,23,24)/b12-10+. The summed E-state index contributed by atoms with van der Waals surface area (Å²) in [5.74, 6) is 10.4. The Morgan fingerprint density at radius 2 is 1.96 bits per heavy atom. The predicted molar refractivity (Wildman–Crippen MR) is 106 cm³/mol. The minimum Gasteiger partial charge on any atom is -0.493 e. The van der Waals surface area contributed by atoms with E-state index in [2.05, 4.69) is 22.0 Å². The number of carbonyl (C=O) groups excluding carboxylic acids is 2. The molecule has 0 saturated carbocycles. The average Bonchev–Trinajstić information content (AvgIpc) is 2.72. The largest absolute Gasteiger partial charge is 0.493 e. The van der Waals surface area contributed by atoms with Crippen molar-refractivity contribution in [2.24, 2.45) is 5.90 Å². The molecule has 7 nitrogen and oxygen atoms in total. The van der Waals surface area contributed by atoms with Gasteiger partial charge in [0.25, 0.3) is 0 Å². The van der Waals surface area contributed by atoms with Gasteiger partial charge in [-0.3, -0.25) is 4.79 Å². The molecule has 0 heterocycles. The summed E-state index contributed by atoms with van der Waals surface area (Å²) in [7, 11) is 1.53. The number of rotatable bonds is 7. The Kier molecular flexibility index (Phi) is 7.64. The molecule has 0 aromatic heterocycles. The van der Waals surface area contributed by atoms with Crippen LogP contribution in [-0.4, -0.2) is 25.6 Å². The van der Waals surface area contributed by atoms with Gasteiger partial charge in [-0.05, 0) is 42.8 Å². The van der Waals surface area contributed by atoms with Gasteiger partial charge in [0.1, 0.15) is 6.61 Å². The van der Waals surface area contributed by atoms with E-state index in [4.69, 9.17) is 15.4 Å². The SMILES string of the molecule is CC#CCOc1ccc(/C=C/C(=O)Nc2ccccc2C(=O)ON)cc1OC. The van der Waals surface area contributed by atoms with Crippen LogP contribution in [0.3, 0.4) is 0 Å². The molecule has 0 fully saturated rings. The highest BCUT2D eigenvalue weighted by atomic mass is 16.7. The van der Waals surface area contributed by atoms with E-state index < -0.39 is 11.9 Å². The smallest absolute Gasteiger partial charge is 0.358 e. The molecule has 0 unspecified atom stereocenters. The first-order valence-corrected chi connectivity index (χ1v) is 8.28. The molecule has 0 aliphatic rings. The summed E-state index contributed by atoms with van der Waals surface area (Å²) >= 11 is 0. The van der Waals surface area contributed by atoms with Crippen molar-refractivity contribution in [3.8, 4) is 23.3 Å². The Labute approximate surface area is 163 Å². The van der Waals surface area contributed by atoms with Gasteiger partial charge in [-0.2, -0.15) is 5.90 Å². The Morgan fingerprint density at radius 3 is 2.68 bits per heavy atom. The van der Waals surface area contributed by atoms with Crippen LogP contribution in [0, 0.1) is 11.8 Å². The van der Waals surface area contributed by atoms with Crippen LogP contribution in [0.1, 0.15) is 22.8 Å². The van der Waals surface area contributed by atoms with Gasteiger partial charge in [0.15, 0.2) is 11.5 Å². The second kappa shape index (κ2) is 10.4. The lowest BCUT2D eigenvalue weighted by molar-refractivity contribution is -0.111. The van der Waals surface area contributed by atoms with Gasteiger partial charge in [0.2, 0.25) is 5.91 Å². The van der Waals surface area contributed by atoms with Crippen molar-refractivity contribution in [3.63, 3.8) is 0 Å². The fraction of sp³-hybridized carbons (Fsp3) is 0.143. The average molecular weight is 380 g/mol. The topological polar surface area (TPSA) is 99.9 Å². The summed E-state index contributed by atoms with van der Waals surface area (Å²) in [5, 5.41) is 2.62. The van der Waals surface area contributed by atoms with E-state index in [0.717, 1.165) is 5.56 Å². The lowest BCUT2D eigenvalue weighted by atomic mass is 10.1. The Morgan fingerprint density at radius 1 is 1.18 bits per heavy atom. The molecule has 1 amide bonds. The lowest BCUT2D eigenvalue weighted by Crippen LogP contribution is -2.15. The van der Waals surface area contributed by atoms with E-state index in [9.17, 15) is 9.59 Å². The second-order valence-electron chi connectivity index (χ2n) is 5.40. The van der Waals surface area contributed by atoms with E-state index in [1.54, 1.807) is 49.4 Å². The van der Waals surface area contributed by atoms with Crippen LogP contribution in [0.25, 0.3) is 6.08 Å². The summed E-state index contributed by atoms with van der Waals surface area (Å²) in [6.07, 6.45) is 2.94. The van der Waals surface area contributed by atoms with Crippen LogP contribution in [0.5, 0.6) is 11.5 Å². The number of nitrogens with one attached hydrogen (secondary N) is 1. The monoisotopic (exact) mass is 380 g/mol. The van der Waals surface area contributed by atoms with E-state index in [-0.39, 0.29) is 12.2 Å². The maximum atomic E-state index is 12.2. The normalized spacial score (nSPS) is 9.96. The van der Waals surface area contributed by atoms with Gasteiger partial charge < -0.3 is 19.6 Å². The molecular weight excluding hydrogens is 360 g/mol. The van der Waals surface area contributed by atoms with Gasteiger partial charge in [-0.25, -0.2) is 4.79 Å². The van der Waals surface area contributed by atoms with Crippen molar-refractivity contribution in [3.05, 3.63) is 59.7 Å². The summed E-state index contributed by atoms with van der Waals surface area (Å²) in [4.78, 5) is 28.1. The Hall–Kier alpha value is -3.76. The molecule has 28 heavy (non-hydrogen) atoms. The van der Waals surface area contributed by atoms with Gasteiger partial charge >= 0.3 is 5.97 Å². The number of carbonyl (C=O) groups is 2. The molecule has 0 spiro atoms. The highest BCUT2D eigenvalue weighted by Crippen LogP contribution is 2.28. The third-order valence-corrected chi connectivity index (χ3v) is 3.60. The van der Waals surface area contributed by atoms with E-state index in [1.165, 1.54) is 19.3 Å². The molecule has 2 rings (SSSR count). The van der Waals surface area contributed by atoms with Crippen molar-refractivity contribution in [1.29, 1.82) is 0 Å². The van der Waals surface area contributed by atoms with Crippen molar-refractivity contribution < 1.29 is 23.9 Å². The maximum absolute atomic E-state index is 12.2. The maximum Gasteiger partial charge on any atom is 0.358 e. The van der Waals surface area contributed by atoms with Crippen LogP contribution in [0.2, 0.25) is 0 Å². The second-order valence-corrected chi connectivity index (χ2v) is 5.40. The number of amides is 1. The number of methoxy groups -OCH3 is 1. The molecule has 144 valence electrons. The van der Waals surface area contributed by atoms with Crippen LogP contribution < -0.4 is 20.7 Å². The van der Waals surface area contributed by atoms with E-state index in [1.807, 2.05) is 0 Å². The third kappa shape index (κ3) is 5.62. The van der Waals surface area contributed by atoms with E-state index in [0.29, 0.717) is 17.2 Å². The first-order chi connectivity index (χ1) is 13.6. The molecule has 7 heteroatoms. The molecule has 0 aliphatic carbocycles. The lowest BCUT2D eigenvalue weighted by Gasteiger charge is -2.09. The molecule has 0 bridgehead atoms. The van der Waals surface area contributed by atoms with Crippen LogP contribution >= 0.6 is 0 Å². The highest BCUT2D eigenvalue weighted by molar-refractivity contribution is 6.06. The number of ether oxygens (including phenoxy) is 2. The van der Waals surface area contributed by atoms with Gasteiger partial charge in [-0.15, -0.1) is 5.92 Å². The summed E-state index contributed by atoms with van der Waals surface area (Å²) in [6, 6.07) is 11.6. The van der Waals surface area contributed by atoms with Crippen molar-refractivity contribution in [2.45, 2.75) is 6.92 Å². The fourth-order valence-electron chi connectivity index (χ4n) is 2.27. The number of benzene rings is 2. The van der Waals surface area contributed by atoms with Crippen LogP contribution in [0.4, 0.5) is 5.69 Å². The van der Waals surface area contributed by atoms with E-state index >= 15 is 0 Å². The molecular formula is C21H20N2O5. The van der Waals surface area contributed by atoms with Crippen molar-refractivity contribution in [1.82, 2.24) is 0 Å². The van der Waals surface area contributed by atoms with Crippen molar-refractivity contribution >= 4 is 23.6 Å². The summed E-state index contributed by atoms with van der Waals surface area (Å²) in [5.41, 5.74) is 1.19. The molecule has 3 N–H and O–H groups in total. The molecule has 0 aliphatic heterocycles. The van der Waals surface area contributed by atoms with Gasteiger partial charge in [0, 0.05) is 6.08 Å². The minimum atomic E-state index is -0.743. The van der Waals surface area contributed by atoms with Crippen LogP contribution in [-0.2, 0) is 9.63 Å². The fourth-order valence-corrected chi connectivity index (χ4v) is 2.27. The molecule has 2 aromatic carbocycles. The third-order valence-electron chi connectivity index (χ3n) is 3.60. The van der Waals surface area contributed by atoms with Crippen LogP contribution in [0.15, 0.2) is 48.5 Å². The van der Waals surface area contributed by atoms with Gasteiger partial charge in [-0.1, -0.05) is 24.1 Å². The minimum absolute atomic E-state index is 0.157. The number of hydrogen-bond donors (Lipinski definition) is 2. The number of nitrogens with two attached hydrogens (primary N) is 1. The zero-order valence-electron chi connectivity index (χ0n) is 15.5. The summed E-state index contributed by atoms with van der Waals surface area (Å²) in [6.45, 7) is 1.99. The first kappa shape index (κ1) is 20.6. The predicted octanol–water partition coefficient (Wildman–Crippen LogP) is 2.78. The molecule has 0 atom stereocenters. The number of para-hydroxylation sites is 1. The molecule has 2 aromatic rings. The van der Waals surface area contributed by atoms with Gasteiger partial charge in [0.05, 0.1) is 18.4 Å². The quantitative estimate of drug-likeness (QED) is 0.435. The molecule has 0 saturated heterocycles. The Balaban J connectivity index is 2.10. The zero-order valence-corrected chi connectivity index (χ0v) is 15.5. The number of hydrogen-bond acceptors (Lipinski definition) is 6. The molecule has 0 radical (unpaired) electrons. The Bertz CT molecular complexity index is 941. The van der Waals surface area contributed by atoms with Crippen molar-refractivity contribution in [2.75, 3.05) is 19.0 Å².